The van der Waals surface area contributed by atoms with Crippen LogP contribution >= 0.6 is 0 Å². The van der Waals surface area contributed by atoms with Gasteiger partial charge in [-0.2, -0.15) is 0 Å². The molecule has 66 heavy (non-hydrogen) atoms. The molecule has 0 N–H and O–H groups in total. The normalized spacial score (nSPS) is 9.70. The first-order valence-corrected chi connectivity index (χ1v) is 21.0. The van der Waals surface area contributed by atoms with Crippen LogP contribution in [-0.4, -0.2) is 19.9 Å². The maximum atomic E-state index is 6.60. The molecule has 8 rings (SSSR count). The Morgan fingerprint density at radius 3 is 0.667 bits per heavy atom. The molecule has 6 heteroatoms. The van der Waals surface area contributed by atoms with E-state index in [1.807, 2.05) is 163 Å². The van der Waals surface area contributed by atoms with Gasteiger partial charge in [0, 0.05) is 65.0 Å². The van der Waals surface area contributed by atoms with Crippen LogP contribution in [0.4, 0.5) is 0 Å². The van der Waals surface area contributed by atoms with Gasteiger partial charge in [-0.1, -0.05) is 118 Å². The minimum atomic E-state index is -0.0417. The SMILES string of the molecule is Cc1c[c-]c(-c2ccccn2)cc1.Cc1c[c-]c(-c2ccccn2)cc1.Cc1c[c-]c(-c2ccccn2)cc1.Cc1c[c-]c(-c2ccccn2)cc1.[C-]#CC(C)(C)C.[C-]#CC(C)(C)C.[Ir].[Ir]. The van der Waals surface area contributed by atoms with Crippen LogP contribution in [0.1, 0.15) is 63.8 Å². The van der Waals surface area contributed by atoms with Crippen LogP contribution in [0, 0.1) is 87.5 Å². The van der Waals surface area contributed by atoms with Crippen molar-refractivity contribution in [1.29, 1.82) is 0 Å². The van der Waals surface area contributed by atoms with Crippen molar-refractivity contribution < 1.29 is 40.2 Å². The zero-order chi connectivity index (χ0) is 46.8. The van der Waals surface area contributed by atoms with Crippen LogP contribution in [0.3, 0.4) is 0 Å². The minimum Gasteiger partial charge on any atom is -0.693 e. The van der Waals surface area contributed by atoms with Gasteiger partial charge in [0.1, 0.15) is 0 Å². The molecule has 0 unspecified atom stereocenters. The predicted molar refractivity (Wildman–Crippen MR) is 266 cm³/mol. The van der Waals surface area contributed by atoms with E-state index in [-0.39, 0.29) is 51.0 Å². The molecule has 2 radical (unpaired) electrons. The van der Waals surface area contributed by atoms with Crippen molar-refractivity contribution in [2.45, 2.75) is 69.2 Å². The summed E-state index contributed by atoms with van der Waals surface area (Å²) in [4.78, 5) is 17.0. The van der Waals surface area contributed by atoms with Gasteiger partial charge in [-0.3, -0.25) is 0 Å². The van der Waals surface area contributed by atoms with Crippen LogP contribution < -0.4 is 0 Å². The van der Waals surface area contributed by atoms with E-state index in [0.29, 0.717) is 0 Å². The molecule has 0 amide bonds. The summed E-state index contributed by atoms with van der Waals surface area (Å²) < 4.78 is 0. The van der Waals surface area contributed by atoms with E-state index < -0.39 is 0 Å². The molecule has 0 saturated carbocycles. The Kier molecular flexibility index (Phi) is 27.1. The minimum absolute atomic E-state index is 0. The number of aromatic nitrogens is 4. The summed E-state index contributed by atoms with van der Waals surface area (Å²) in [6, 6.07) is 60.6. The third kappa shape index (κ3) is 24.3. The number of aryl methyl sites for hydroxylation is 4. The Labute approximate surface area is 424 Å². The molecular weight excluding hydrogens is 1160 g/mol. The fraction of sp³-hybridized carbons (Fsp3) is 0.200. The molecule has 0 spiro atoms. The Bertz CT molecular complexity index is 2210. The zero-order valence-corrected chi connectivity index (χ0v) is 44.4. The summed E-state index contributed by atoms with van der Waals surface area (Å²) in [5.74, 6) is 4.71. The van der Waals surface area contributed by atoms with E-state index in [2.05, 4.69) is 108 Å². The number of hydrogen-bond acceptors (Lipinski definition) is 4. The first-order valence-electron chi connectivity index (χ1n) is 21.0. The summed E-state index contributed by atoms with van der Waals surface area (Å²) in [5, 5.41) is 0. The van der Waals surface area contributed by atoms with Crippen molar-refractivity contribution >= 4 is 0 Å². The average molecular weight is 1220 g/mol. The van der Waals surface area contributed by atoms with Gasteiger partial charge >= 0.3 is 0 Å². The van der Waals surface area contributed by atoms with E-state index in [4.69, 9.17) is 12.8 Å². The van der Waals surface area contributed by atoms with E-state index in [9.17, 15) is 0 Å². The summed E-state index contributed by atoms with van der Waals surface area (Å²) in [5.41, 5.74) is 12.9. The van der Waals surface area contributed by atoms with Crippen molar-refractivity contribution in [2.75, 3.05) is 0 Å². The maximum Gasteiger partial charge on any atom is 0.0160 e. The second-order valence-corrected chi connectivity index (χ2v) is 16.7. The molecule has 0 aliphatic heterocycles. The van der Waals surface area contributed by atoms with Crippen molar-refractivity contribution in [3.8, 4) is 56.9 Å². The van der Waals surface area contributed by atoms with E-state index in [1.54, 1.807) is 24.8 Å². The predicted octanol–water partition coefficient (Wildman–Crippen LogP) is 14.7. The Hall–Kier alpha value is -6.10. The van der Waals surface area contributed by atoms with E-state index in [1.165, 1.54) is 22.3 Å². The smallest absolute Gasteiger partial charge is 0.0160 e. The van der Waals surface area contributed by atoms with Crippen molar-refractivity contribution in [3.63, 3.8) is 0 Å². The Morgan fingerprint density at radius 1 is 0.348 bits per heavy atom. The van der Waals surface area contributed by atoms with Crippen molar-refractivity contribution in [2.24, 2.45) is 10.8 Å². The summed E-state index contributed by atoms with van der Waals surface area (Å²) >= 11 is 0. The fourth-order valence-corrected chi connectivity index (χ4v) is 4.74. The molecule has 0 aliphatic rings. The Balaban J connectivity index is 0.000000404. The molecule has 8 aromatic rings. The molecule has 4 nitrogen and oxygen atoms in total. The molecule has 4 aromatic heterocycles. The molecule has 4 aromatic carbocycles. The topological polar surface area (TPSA) is 51.6 Å². The molecule has 0 aliphatic carbocycles. The first kappa shape index (κ1) is 57.9. The molecule has 0 atom stereocenters. The number of pyridine rings is 4. The fourth-order valence-electron chi connectivity index (χ4n) is 4.74. The summed E-state index contributed by atoms with van der Waals surface area (Å²) in [6.07, 6.45) is 20.4. The van der Waals surface area contributed by atoms with Gasteiger partial charge in [-0.15, -0.1) is 142 Å². The first-order chi connectivity index (χ1) is 30.6. The average Bonchev–Trinajstić information content (AvgIpc) is 3.32. The van der Waals surface area contributed by atoms with E-state index >= 15 is 0 Å². The third-order valence-electron chi connectivity index (χ3n) is 8.39. The summed E-state index contributed by atoms with van der Waals surface area (Å²) in [7, 11) is 0. The molecule has 342 valence electrons. The van der Waals surface area contributed by atoms with Gasteiger partial charge in [-0.25, -0.2) is 0 Å². The standard InChI is InChI=1S/4C12H10N.2C6H9.2Ir/c4*1-10-5-7-11(8-6-10)12-4-2-3-9-13-12;2*1-5-6(2,3)4;;/h4*2-7,9H,1H3;2*2-4H3;;/q6*-1;;. The van der Waals surface area contributed by atoms with Gasteiger partial charge in [0.15, 0.2) is 0 Å². The second-order valence-electron chi connectivity index (χ2n) is 16.7. The van der Waals surface area contributed by atoms with Gasteiger partial charge < -0.3 is 44.6 Å². The Morgan fingerprint density at radius 2 is 0.545 bits per heavy atom. The molecule has 0 fully saturated rings. The molecule has 0 saturated heterocycles. The quantitative estimate of drug-likeness (QED) is 0.130. The third-order valence-corrected chi connectivity index (χ3v) is 8.39. The number of rotatable bonds is 4. The zero-order valence-electron chi connectivity index (χ0n) is 39.6. The van der Waals surface area contributed by atoms with Gasteiger partial charge in [0.25, 0.3) is 0 Å². The summed E-state index contributed by atoms with van der Waals surface area (Å²) in [6.45, 7) is 19.9. The van der Waals surface area contributed by atoms with Gasteiger partial charge in [0.2, 0.25) is 0 Å². The number of nitrogens with zero attached hydrogens (tertiary/aromatic N) is 4. The maximum absolute atomic E-state index is 6.60. The molecule has 0 bridgehead atoms. The van der Waals surface area contributed by atoms with Gasteiger partial charge in [-0.05, 0) is 57.9 Å². The molecular formula is C60H58Ir2N4-6. The van der Waals surface area contributed by atoms with Gasteiger partial charge in [0.05, 0.1) is 0 Å². The second kappa shape index (κ2) is 30.9. The monoisotopic (exact) mass is 1220 g/mol. The largest absolute Gasteiger partial charge is 0.693 e. The van der Waals surface area contributed by atoms with Crippen molar-refractivity contribution in [3.05, 3.63) is 230 Å². The molecule has 4 heterocycles. The van der Waals surface area contributed by atoms with Crippen LogP contribution in [0.15, 0.2) is 170 Å². The van der Waals surface area contributed by atoms with Crippen LogP contribution in [0.2, 0.25) is 0 Å². The van der Waals surface area contributed by atoms with Crippen LogP contribution in [0.5, 0.6) is 0 Å². The van der Waals surface area contributed by atoms with Crippen LogP contribution in [-0.2, 0) is 40.2 Å². The number of hydrogen-bond donors (Lipinski definition) is 0. The van der Waals surface area contributed by atoms with Crippen LogP contribution in [0.25, 0.3) is 45.0 Å². The van der Waals surface area contributed by atoms with Crippen molar-refractivity contribution in [1.82, 2.24) is 19.9 Å². The number of benzene rings is 4. The van der Waals surface area contributed by atoms with E-state index in [0.717, 1.165) is 45.0 Å².